The van der Waals surface area contributed by atoms with Gasteiger partial charge in [-0.05, 0) is 18.4 Å². The van der Waals surface area contributed by atoms with Gasteiger partial charge in [-0.15, -0.1) is 0 Å². The van der Waals surface area contributed by atoms with Crippen molar-refractivity contribution in [3.05, 3.63) is 23.0 Å². The van der Waals surface area contributed by atoms with Crippen molar-refractivity contribution in [1.82, 2.24) is 0 Å². The van der Waals surface area contributed by atoms with Gasteiger partial charge in [-0.3, -0.25) is 0 Å². The van der Waals surface area contributed by atoms with E-state index in [4.69, 9.17) is 17.3 Å². The molecule has 0 atom stereocenters. The van der Waals surface area contributed by atoms with Gasteiger partial charge >= 0.3 is 0 Å². The molecule has 2 rings (SSSR count). The van der Waals surface area contributed by atoms with Gasteiger partial charge in [-0.25, -0.2) is 4.39 Å². The first-order chi connectivity index (χ1) is 8.66. The highest BCUT2D eigenvalue weighted by Crippen LogP contribution is 2.28. The minimum absolute atomic E-state index is 0.0744. The Morgan fingerprint density at radius 3 is 2.72 bits per heavy atom. The third-order valence-corrected chi connectivity index (χ3v) is 3.97. The second-order valence-corrected chi connectivity index (χ2v) is 5.48. The number of nitrogens with one attached hydrogen (secondary N) is 1. The molecule has 0 spiro atoms. The molecule has 1 fully saturated rings. The van der Waals surface area contributed by atoms with Crippen LogP contribution in [0.3, 0.4) is 0 Å². The Morgan fingerprint density at radius 1 is 1.28 bits per heavy atom. The first-order valence-corrected chi connectivity index (χ1v) is 7.03. The Labute approximate surface area is 113 Å². The zero-order valence-electron chi connectivity index (χ0n) is 10.5. The summed E-state index contributed by atoms with van der Waals surface area (Å²) in [4.78, 5) is 0. The Balaban J connectivity index is 1.84. The predicted octanol–water partition coefficient (Wildman–Crippen LogP) is 4.44. The molecule has 1 saturated carbocycles. The molecule has 18 heavy (non-hydrogen) atoms. The van der Waals surface area contributed by atoms with E-state index in [1.54, 1.807) is 0 Å². The summed E-state index contributed by atoms with van der Waals surface area (Å²) in [5.41, 5.74) is 6.95. The number of benzene rings is 1. The molecule has 1 aliphatic carbocycles. The standard InChI is InChI=1S/C14H20ClFN2/c15-11-8-13(17)14(9-12(11)16)18-7-6-10-4-2-1-3-5-10/h8-10,18H,1-7,17H2. The van der Waals surface area contributed by atoms with Crippen LogP contribution in [0.25, 0.3) is 0 Å². The van der Waals surface area contributed by atoms with Crippen molar-refractivity contribution in [2.45, 2.75) is 38.5 Å². The first-order valence-electron chi connectivity index (χ1n) is 6.65. The average Bonchev–Trinajstić information content (AvgIpc) is 2.37. The van der Waals surface area contributed by atoms with Gasteiger partial charge in [-0.1, -0.05) is 43.7 Å². The molecule has 0 unspecified atom stereocenters. The maximum atomic E-state index is 13.3. The van der Waals surface area contributed by atoms with Gasteiger partial charge in [0.2, 0.25) is 0 Å². The summed E-state index contributed by atoms with van der Waals surface area (Å²) in [6.07, 6.45) is 7.85. The number of anilines is 2. The van der Waals surface area contributed by atoms with Crippen molar-refractivity contribution < 1.29 is 4.39 Å². The topological polar surface area (TPSA) is 38.0 Å². The minimum Gasteiger partial charge on any atom is -0.397 e. The van der Waals surface area contributed by atoms with Crippen LogP contribution < -0.4 is 11.1 Å². The van der Waals surface area contributed by atoms with Gasteiger partial charge in [-0.2, -0.15) is 0 Å². The lowest BCUT2D eigenvalue weighted by Crippen LogP contribution is -2.13. The molecule has 4 heteroatoms. The highest BCUT2D eigenvalue weighted by Gasteiger charge is 2.13. The van der Waals surface area contributed by atoms with Crippen LogP contribution in [0.4, 0.5) is 15.8 Å². The van der Waals surface area contributed by atoms with Crippen LogP contribution in [0.1, 0.15) is 38.5 Å². The molecule has 2 nitrogen and oxygen atoms in total. The summed E-state index contributed by atoms with van der Waals surface area (Å²) in [5.74, 6) is 0.385. The van der Waals surface area contributed by atoms with Gasteiger partial charge in [0, 0.05) is 12.6 Å². The van der Waals surface area contributed by atoms with E-state index in [0.29, 0.717) is 11.4 Å². The average molecular weight is 271 g/mol. The van der Waals surface area contributed by atoms with Crippen molar-refractivity contribution >= 4 is 23.0 Å². The van der Waals surface area contributed by atoms with E-state index in [-0.39, 0.29) is 5.02 Å². The summed E-state index contributed by atoms with van der Waals surface area (Å²) < 4.78 is 13.3. The fourth-order valence-corrected chi connectivity index (χ4v) is 2.77. The maximum Gasteiger partial charge on any atom is 0.143 e. The normalized spacial score (nSPS) is 16.8. The van der Waals surface area contributed by atoms with Crippen molar-refractivity contribution in [2.75, 3.05) is 17.6 Å². The molecule has 0 radical (unpaired) electrons. The van der Waals surface area contributed by atoms with Crippen LogP contribution in [0.2, 0.25) is 5.02 Å². The van der Waals surface area contributed by atoms with E-state index in [1.807, 2.05) is 0 Å². The van der Waals surface area contributed by atoms with Crippen LogP contribution in [-0.2, 0) is 0 Å². The largest absolute Gasteiger partial charge is 0.397 e. The van der Waals surface area contributed by atoms with Gasteiger partial charge in [0.1, 0.15) is 5.82 Å². The summed E-state index contributed by atoms with van der Waals surface area (Å²) in [7, 11) is 0. The maximum absolute atomic E-state index is 13.3. The predicted molar refractivity (Wildman–Crippen MR) is 75.5 cm³/mol. The van der Waals surface area contributed by atoms with Crippen molar-refractivity contribution in [3.63, 3.8) is 0 Å². The highest BCUT2D eigenvalue weighted by atomic mass is 35.5. The molecule has 0 aliphatic heterocycles. The number of hydrogen-bond donors (Lipinski definition) is 2. The zero-order chi connectivity index (χ0) is 13.0. The fraction of sp³-hybridized carbons (Fsp3) is 0.571. The molecular formula is C14H20ClFN2. The molecule has 3 N–H and O–H groups in total. The molecule has 0 aromatic heterocycles. The van der Waals surface area contributed by atoms with Crippen molar-refractivity contribution in [1.29, 1.82) is 0 Å². The second kappa shape index (κ2) is 6.28. The van der Waals surface area contributed by atoms with Crippen LogP contribution >= 0.6 is 11.6 Å². The van der Waals surface area contributed by atoms with E-state index in [2.05, 4.69) is 5.32 Å². The number of nitrogens with two attached hydrogens (primary N) is 1. The first kappa shape index (κ1) is 13.5. The molecule has 1 aromatic rings. The van der Waals surface area contributed by atoms with Gasteiger partial charge in [0.25, 0.3) is 0 Å². The number of hydrogen-bond acceptors (Lipinski definition) is 2. The summed E-state index contributed by atoms with van der Waals surface area (Å²) >= 11 is 5.66. The van der Waals surface area contributed by atoms with E-state index in [1.165, 1.54) is 44.2 Å². The molecule has 0 heterocycles. The molecule has 0 saturated heterocycles. The lowest BCUT2D eigenvalue weighted by molar-refractivity contribution is 0.345. The number of rotatable bonds is 4. The monoisotopic (exact) mass is 270 g/mol. The highest BCUT2D eigenvalue weighted by molar-refractivity contribution is 6.31. The van der Waals surface area contributed by atoms with E-state index in [0.717, 1.165) is 18.9 Å². The van der Waals surface area contributed by atoms with Gasteiger partial charge in [0.05, 0.1) is 16.4 Å². The smallest absolute Gasteiger partial charge is 0.143 e. The van der Waals surface area contributed by atoms with Crippen LogP contribution in [0, 0.1) is 11.7 Å². The van der Waals surface area contributed by atoms with Crippen LogP contribution in [0.5, 0.6) is 0 Å². The van der Waals surface area contributed by atoms with Crippen molar-refractivity contribution in [3.8, 4) is 0 Å². The third kappa shape index (κ3) is 3.52. The molecule has 0 bridgehead atoms. The van der Waals surface area contributed by atoms with Crippen molar-refractivity contribution in [2.24, 2.45) is 5.92 Å². The summed E-state index contributed by atoms with van der Waals surface area (Å²) in [5, 5.41) is 3.28. The van der Waals surface area contributed by atoms with Crippen LogP contribution in [-0.4, -0.2) is 6.54 Å². The fourth-order valence-electron chi connectivity index (χ4n) is 2.60. The Kier molecular flexibility index (Phi) is 4.70. The molecular weight excluding hydrogens is 251 g/mol. The SMILES string of the molecule is Nc1cc(Cl)c(F)cc1NCCC1CCCCC1. The van der Waals surface area contributed by atoms with Crippen LogP contribution in [0.15, 0.2) is 12.1 Å². The Hall–Kier alpha value is -0.960. The summed E-state index contributed by atoms with van der Waals surface area (Å²) in [6, 6.07) is 2.83. The molecule has 1 aliphatic rings. The zero-order valence-corrected chi connectivity index (χ0v) is 11.3. The number of nitrogen functional groups attached to an aromatic ring is 1. The lowest BCUT2D eigenvalue weighted by atomic mass is 9.87. The lowest BCUT2D eigenvalue weighted by Gasteiger charge is -2.21. The van der Waals surface area contributed by atoms with E-state index in [9.17, 15) is 4.39 Å². The Bertz CT molecular complexity index is 403. The molecule has 1 aromatic carbocycles. The van der Waals surface area contributed by atoms with E-state index >= 15 is 0 Å². The van der Waals surface area contributed by atoms with Gasteiger partial charge < -0.3 is 11.1 Å². The molecule has 0 amide bonds. The Morgan fingerprint density at radius 2 is 2.00 bits per heavy atom. The molecule has 100 valence electrons. The quantitative estimate of drug-likeness (QED) is 0.794. The minimum atomic E-state index is -0.425. The summed E-state index contributed by atoms with van der Waals surface area (Å²) in [6.45, 7) is 0.843. The van der Waals surface area contributed by atoms with Gasteiger partial charge in [0.15, 0.2) is 0 Å². The van der Waals surface area contributed by atoms with E-state index < -0.39 is 5.82 Å². The number of halogens is 2. The third-order valence-electron chi connectivity index (χ3n) is 3.69. The second-order valence-electron chi connectivity index (χ2n) is 5.07.